The van der Waals surface area contributed by atoms with Crippen LogP contribution in [0.1, 0.15) is 5.56 Å². The second kappa shape index (κ2) is 6.35. The first-order valence-electron chi connectivity index (χ1n) is 8.61. The van der Waals surface area contributed by atoms with Gasteiger partial charge in [-0.25, -0.2) is 9.78 Å². The van der Waals surface area contributed by atoms with Gasteiger partial charge in [-0.15, -0.1) is 0 Å². The quantitative estimate of drug-likeness (QED) is 0.513. The van der Waals surface area contributed by atoms with Crippen LogP contribution >= 0.6 is 0 Å². The molecule has 3 aromatic heterocycles. The molecule has 0 spiro atoms. The van der Waals surface area contributed by atoms with E-state index in [1.165, 1.54) is 11.6 Å². The fourth-order valence-corrected chi connectivity index (χ4v) is 3.27. The van der Waals surface area contributed by atoms with Crippen molar-refractivity contribution in [1.82, 2.24) is 18.7 Å². The number of aryl methyl sites for hydroxylation is 3. The Morgan fingerprint density at radius 1 is 0.889 bits per heavy atom. The highest BCUT2D eigenvalue weighted by Gasteiger charge is 2.13. The second-order valence-electron chi connectivity index (χ2n) is 6.55. The van der Waals surface area contributed by atoms with Gasteiger partial charge < -0.3 is 4.57 Å². The Kier molecular flexibility index (Phi) is 3.99. The molecule has 0 aliphatic carbocycles. The summed E-state index contributed by atoms with van der Waals surface area (Å²) in [6.45, 7) is 0.530. The Morgan fingerprint density at radius 3 is 2.37 bits per heavy atom. The zero-order chi connectivity index (χ0) is 19.1. The summed E-state index contributed by atoms with van der Waals surface area (Å²) in [5.74, 6) is 0. The molecule has 7 nitrogen and oxygen atoms in total. The van der Waals surface area contributed by atoms with Crippen LogP contribution in [0.2, 0.25) is 0 Å². The highest BCUT2D eigenvalue weighted by atomic mass is 16.2. The van der Waals surface area contributed by atoms with Gasteiger partial charge in [0.15, 0.2) is 0 Å². The molecule has 4 aromatic rings. The van der Waals surface area contributed by atoms with Crippen molar-refractivity contribution in [2.24, 2.45) is 14.1 Å². The van der Waals surface area contributed by atoms with Gasteiger partial charge in [0.05, 0.1) is 16.3 Å². The molecule has 0 unspecified atom stereocenters. The molecule has 4 rings (SSSR count). The van der Waals surface area contributed by atoms with E-state index >= 15 is 0 Å². The largest absolute Gasteiger partial charge is 0.332 e. The van der Waals surface area contributed by atoms with Gasteiger partial charge in [-0.3, -0.25) is 18.7 Å². The van der Waals surface area contributed by atoms with Gasteiger partial charge in [-0.05, 0) is 24.1 Å². The Bertz CT molecular complexity index is 1350. The smallest absolute Gasteiger partial charge is 0.315 e. The maximum absolute atomic E-state index is 12.9. The molecule has 0 N–H and O–H groups in total. The summed E-state index contributed by atoms with van der Waals surface area (Å²) >= 11 is 0. The minimum atomic E-state index is -0.457. The van der Waals surface area contributed by atoms with E-state index < -0.39 is 11.2 Å². The van der Waals surface area contributed by atoms with E-state index in [9.17, 15) is 14.4 Å². The summed E-state index contributed by atoms with van der Waals surface area (Å²) in [7, 11) is 2.97. The summed E-state index contributed by atoms with van der Waals surface area (Å²) in [5.41, 5.74) is 0.777. The first-order valence-corrected chi connectivity index (χ1v) is 8.61. The zero-order valence-electron chi connectivity index (χ0n) is 15.0. The van der Waals surface area contributed by atoms with Crippen LogP contribution < -0.4 is 16.8 Å². The highest BCUT2D eigenvalue weighted by Crippen LogP contribution is 2.13. The van der Waals surface area contributed by atoms with Gasteiger partial charge in [0.25, 0.3) is 11.1 Å². The van der Waals surface area contributed by atoms with Crippen molar-refractivity contribution in [2.75, 3.05) is 0 Å². The molecule has 136 valence electrons. The van der Waals surface area contributed by atoms with Crippen molar-refractivity contribution in [3.8, 4) is 0 Å². The summed E-state index contributed by atoms with van der Waals surface area (Å²) < 4.78 is 3.96. The van der Waals surface area contributed by atoms with Gasteiger partial charge in [0.1, 0.15) is 5.65 Å². The fourth-order valence-electron chi connectivity index (χ4n) is 3.27. The minimum Gasteiger partial charge on any atom is -0.315 e. The summed E-state index contributed by atoms with van der Waals surface area (Å²) in [6, 6.07) is 13.2. The number of hydrogen-bond acceptors (Lipinski definition) is 4. The molecule has 3 heterocycles. The SMILES string of the molecule is Cn1c(=O)c2cc3c(=O)n(CCc4ccccc4)ccc3nc2n(C)c1=O. The molecular formula is C20H18N4O3. The van der Waals surface area contributed by atoms with Crippen molar-refractivity contribution in [3.05, 3.63) is 85.4 Å². The van der Waals surface area contributed by atoms with E-state index in [2.05, 4.69) is 4.98 Å². The van der Waals surface area contributed by atoms with Gasteiger partial charge in [-0.1, -0.05) is 30.3 Å². The van der Waals surface area contributed by atoms with Crippen LogP contribution in [0.15, 0.2) is 63.0 Å². The third-order valence-corrected chi connectivity index (χ3v) is 4.85. The van der Waals surface area contributed by atoms with E-state index in [0.29, 0.717) is 17.4 Å². The molecule has 0 atom stereocenters. The van der Waals surface area contributed by atoms with Crippen molar-refractivity contribution >= 4 is 21.9 Å². The van der Waals surface area contributed by atoms with Crippen molar-refractivity contribution in [3.63, 3.8) is 0 Å². The molecule has 0 aliphatic heterocycles. The van der Waals surface area contributed by atoms with Crippen LogP contribution in [0.4, 0.5) is 0 Å². The van der Waals surface area contributed by atoms with Gasteiger partial charge in [0, 0.05) is 26.8 Å². The number of pyridine rings is 2. The first kappa shape index (κ1) is 17.0. The molecule has 0 aliphatic rings. The molecule has 0 saturated carbocycles. The predicted octanol–water partition coefficient (Wildman–Crippen LogP) is 1.19. The molecule has 0 radical (unpaired) electrons. The lowest BCUT2D eigenvalue weighted by atomic mass is 10.1. The Hall–Kier alpha value is -3.48. The predicted molar refractivity (Wildman–Crippen MR) is 104 cm³/mol. The second-order valence-corrected chi connectivity index (χ2v) is 6.55. The van der Waals surface area contributed by atoms with Crippen LogP contribution in [0.25, 0.3) is 21.9 Å². The first-order chi connectivity index (χ1) is 13.0. The lowest BCUT2D eigenvalue weighted by molar-refractivity contribution is 0.674. The third-order valence-electron chi connectivity index (χ3n) is 4.85. The Balaban J connectivity index is 1.87. The Labute approximate surface area is 153 Å². The van der Waals surface area contributed by atoms with Crippen LogP contribution in [0.5, 0.6) is 0 Å². The number of fused-ring (bicyclic) bond motifs is 2. The van der Waals surface area contributed by atoms with Gasteiger partial charge in [-0.2, -0.15) is 0 Å². The van der Waals surface area contributed by atoms with E-state index in [-0.39, 0.29) is 16.6 Å². The van der Waals surface area contributed by atoms with E-state index in [1.54, 1.807) is 29.9 Å². The molecule has 0 amide bonds. The number of hydrogen-bond donors (Lipinski definition) is 0. The normalized spacial score (nSPS) is 11.3. The van der Waals surface area contributed by atoms with E-state index in [4.69, 9.17) is 0 Å². The van der Waals surface area contributed by atoms with Crippen molar-refractivity contribution < 1.29 is 0 Å². The van der Waals surface area contributed by atoms with E-state index in [0.717, 1.165) is 16.6 Å². The standard InChI is InChI=1S/C20H18N4O3/c1-22-17-15(18(25)23(2)20(22)27)12-14-16(21-17)9-11-24(19(14)26)10-8-13-6-4-3-5-7-13/h3-7,9,11-12H,8,10H2,1-2H3. The van der Waals surface area contributed by atoms with Gasteiger partial charge >= 0.3 is 5.69 Å². The lowest BCUT2D eigenvalue weighted by Gasteiger charge is -2.10. The Morgan fingerprint density at radius 2 is 1.63 bits per heavy atom. The fraction of sp³-hybridized carbons (Fsp3) is 0.200. The topological polar surface area (TPSA) is 78.9 Å². The number of nitrogens with zero attached hydrogens (tertiary/aromatic N) is 4. The molecular weight excluding hydrogens is 344 g/mol. The average Bonchev–Trinajstić information content (AvgIpc) is 2.70. The molecule has 1 aromatic carbocycles. The molecule has 0 fully saturated rings. The number of aromatic nitrogens is 4. The van der Waals surface area contributed by atoms with Crippen LogP contribution in [0.3, 0.4) is 0 Å². The maximum atomic E-state index is 12.9. The molecule has 0 saturated heterocycles. The molecule has 7 heteroatoms. The summed E-state index contributed by atoms with van der Waals surface area (Å²) in [4.78, 5) is 41.8. The number of rotatable bonds is 3. The monoisotopic (exact) mass is 362 g/mol. The van der Waals surface area contributed by atoms with Crippen molar-refractivity contribution in [2.45, 2.75) is 13.0 Å². The average molecular weight is 362 g/mol. The number of benzene rings is 1. The maximum Gasteiger partial charge on any atom is 0.332 e. The van der Waals surface area contributed by atoms with Crippen molar-refractivity contribution in [1.29, 1.82) is 0 Å². The van der Waals surface area contributed by atoms with Gasteiger partial charge in [0.2, 0.25) is 0 Å². The molecule has 0 bridgehead atoms. The molecule has 27 heavy (non-hydrogen) atoms. The summed E-state index contributed by atoms with van der Waals surface area (Å²) in [6.07, 6.45) is 2.43. The minimum absolute atomic E-state index is 0.200. The lowest BCUT2D eigenvalue weighted by Crippen LogP contribution is -2.37. The third kappa shape index (κ3) is 2.77. The zero-order valence-corrected chi connectivity index (χ0v) is 15.0. The van der Waals surface area contributed by atoms with E-state index in [1.807, 2.05) is 30.3 Å². The van der Waals surface area contributed by atoms with Crippen LogP contribution in [0, 0.1) is 0 Å². The van der Waals surface area contributed by atoms with Crippen LogP contribution in [-0.2, 0) is 27.1 Å². The highest BCUT2D eigenvalue weighted by molar-refractivity contribution is 5.90. The van der Waals surface area contributed by atoms with Crippen LogP contribution in [-0.4, -0.2) is 18.7 Å². The summed E-state index contributed by atoms with van der Waals surface area (Å²) in [5, 5.41) is 0.624.